The zero-order valence-electron chi connectivity index (χ0n) is 10.7. The van der Waals surface area contributed by atoms with Gasteiger partial charge >= 0.3 is 0 Å². The number of carbonyl (C=O) groups is 1. The molecule has 5 heteroatoms. The van der Waals surface area contributed by atoms with Gasteiger partial charge in [0.2, 0.25) is 0 Å². The minimum atomic E-state index is -2.83. The summed E-state index contributed by atoms with van der Waals surface area (Å²) >= 11 is 0. The van der Waals surface area contributed by atoms with Gasteiger partial charge in [-0.2, -0.15) is 4.80 Å². The zero-order chi connectivity index (χ0) is 12.6. The molecule has 0 aromatic carbocycles. The average Bonchev–Trinajstić information content (AvgIpc) is 2.43. The number of hydrogen-bond acceptors (Lipinski definition) is 4. The van der Waals surface area contributed by atoms with E-state index in [1.54, 1.807) is 0 Å². The summed E-state index contributed by atoms with van der Waals surface area (Å²) < 4.78 is 45.5. The lowest BCUT2D eigenvalue weighted by Crippen LogP contribution is -1.92. The van der Waals surface area contributed by atoms with Crippen LogP contribution in [0.3, 0.4) is 0 Å². The van der Waals surface area contributed by atoms with Crippen LogP contribution in [0.15, 0.2) is 0 Å². The van der Waals surface area contributed by atoms with E-state index in [9.17, 15) is 4.79 Å². The standard InChI is InChI=1S/C5H7N3O2/c1-8-6-4(3-9)5(7-8)10-2/h3H,1-2H3/i1D3,2D3. The van der Waals surface area contributed by atoms with Gasteiger partial charge in [0, 0.05) is 11.1 Å². The molecule has 0 saturated carbocycles. The van der Waals surface area contributed by atoms with E-state index in [1.165, 1.54) is 0 Å². The van der Waals surface area contributed by atoms with Crippen LogP contribution in [0.25, 0.3) is 0 Å². The summed E-state index contributed by atoms with van der Waals surface area (Å²) in [6, 6.07) is 0. The fraction of sp³-hybridized carbons (Fsp3) is 0.400. The van der Waals surface area contributed by atoms with Crippen molar-refractivity contribution in [2.75, 3.05) is 7.04 Å². The topological polar surface area (TPSA) is 57.0 Å². The molecule has 0 spiro atoms. The first kappa shape index (κ1) is 2.34. The van der Waals surface area contributed by atoms with Crippen molar-refractivity contribution in [3.05, 3.63) is 5.69 Å². The maximum absolute atomic E-state index is 10.5. The largest absolute Gasteiger partial charge is 0.478 e. The van der Waals surface area contributed by atoms with E-state index >= 15 is 0 Å². The van der Waals surface area contributed by atoms with E-state index in [4.69, 9.17) is 8.22 Å². The highest BCUT2D eigenvalue weighted by atomic mass is 16.5. The number of hydrogen-bond donors (Lipinski definition) is 0. The third-order valence-corrected chi connectivity index (χ3v) is 0.815. The molecule has 0 amide bonds. The van der Waals surface area contributed by atoms with Crippen LogP contribution < -0.4 is 4.74 Å². The van der Waals surface area contributed by atoms with Crippen LogP contribution >= 0.6 is 0 Å². The fourth-order valence-corrected chi connectivity index (χ4v) is 0.451. The molecule has 1 aromatic heterocycles. The van der Waals surface area contributed by atoms with Crippen LogP contribution in [0.4, 0.5) is 0 Å². The van der Waals surface area contributed by atoms with E-state index in [0.29, 0.717) is 0 Å². The van der Waals surface area contributed by atoms with Crippen molar-refractivity contribution in [3.63, 3.8) is 0 Å². The summed E-state index contributed by atoms with van der Waals surface area (Å²) in [6.45, 7) is -2.70. The fourth-order valence-electron chi connectivity index (χ4n) is 0.451. The van der Waals surface area contributed by atoms with Gasteiger partial charge in [-0.15, -0.1) is 10.2 Å². The van der Waals surface area contributed by atoms with Gasteiger partial charge in [-0.25, -0.2) is 0 Å². The Kier molecular flexibility index (Phi) is 0.576. The summed E-state index contributed by atoms with van der Waals surface area (Å²) in [4.78, 5) is 10.7. The molecule has 0 aliphatic carbocycles. The van der Waals surface area contributed by atoms with E-state index in [1.807, 2.05) is 0 Å². The number of nitrogens with zero attached hydrogens (tertiary/aromatic N) is 3. The monoisotopic (exact) mass is 147 g/mol. The molecule has 0 atom stereocenters. The zero-order valence-corrected chi connectivity index (χ0v) is 4.74. The molecule has 0 aliphatic rings. The van der Waals surface area contributed by atoms with Gasteiger partial charge in [-0.05, 0) is 0 Å². The Morgan fingerprint density at radius 1 is 1.80 bits per heavy atom. The van der Waals surface area contributed by atoms with Crippen molar-refractivity contribution < 1.29 is 17.8 Å². The first-order valence-corrected chi connectivity index (χ1v) is 2.25. The molecule has 0 fully saturated rings. The second kappa shape index (κ2) is 2.47. The normalized spacial score (nSPS) is 20.8. The van der Waals surface area contributed by atoms with Gasteiger partial charge in [0.15, 0.2) is 12.0 Å². The first-order valence-electron chi connectivity index (χ1n) is 5.25. The third kappa shape index (κ3) is 0.975. The molecule has 1 aromatic rings. The molecule has 0 saturated heterocycles. The quantitative estimate of drug-likeness (QED) is 0.536. The lowest BCUT2D eigenvalue weighted by Gasteiger charge is -1.88. The summed E-state index contributed by atoms with van der Waals surface area (Å²) in [5.41, 5.74) is -0.479. The molecule has 0 aliphatic heterocycles. The van der Waals surface area contributed by atoms with Gasteiger partial charge in [-0.3, -0.25) is 4.79 Å². The SMILES string of the molecule is [2H]C([2H])([2H])Oc1nn(C([2H])([2H])[2H])nc1C=O. The molecule has 1 rings (SSSR count). The number of aryl methyl sites for hydroxylation is 1. The number of aromatic nitrogens is 3. The van der Waals surface area contributed by atoms with E-state index < -0.39 is 25.6 Å². The van der Waals surface area contributed by atoms with Crippen LogP contribution in [-0.2, 0) is 6.98 Å². The summed E-state index contributed by atoms with van der Waals surface area (Å²) in [5.74, 6) is -0.633. The maximum Gasteiger partial charge on any atom is 0.264 e. The van der Waals surface area contributed by atoms with Crippen LogP contribution in [0.1, 0.15) is 18.7 Å². The molecule has 54 valence electrons. The highest BCUT2D eigenvalue weighted by Gasteiger charge is 2.06. The van der Waals surface area contributed by atoms with Gasteiger partial charge < -0.3 is 4.74 Å². The van der Waals surface area contributed by atoms with Gasteiger partial charge in [0.25, 0.3) is 5.88 Å². The van der Waals surface area contributed by atoms with Crippen molar-refractivity contribution >= 4 is 6.29 Å². The van der Waals surface area contributed by atoms with Crippen LogP contribution in [-0.4, -0.2) is 28.3 Å². The molecular weight excluding hydrogens is 134 g/mol. The van der Waals surface area contributed by atoms with Crippen LogP contribution in [0, 0.1) is 0 Å². The smallest absolute Gasteiger partial charge is 0.264 e. The Morgan fingerprint density at radius 2 is 2.70 bits per heavy atom. The predicted octanol–water partition coefficient (Wildman–Crippen LogP) is -0.364. The van der Waals surface area contributed by atoms with Crippen molar-refractivity contribution in [2.24, 2.45) is 6.98 Å². The minimum Gasteiger partial charge on any atom is -0.478 e. The Bertz CT molecular complexity index is 394. The molecule has 5 nitrogen and oxygen atoms in total. The van der Waals surface area contributed by atoms with Crippen molar-refractivity contribution in [3.8, 4) is 5.88 Å². The van der Waals surface area contributed by atoms with Crippen molar-refractivity contribution in [1.82, 2.24) is 15.0 Å². The van der Waals surface area contributed by atoms with Gasteiger partial charge in [-0.1, -0.05) is 0 Å². The molecule has 0 N–H and O–H groups in total. The summed E-state index contributed by atoms with van der Waals surface area (Å²) in [5, 5.41) is 6.55. The second-order valence-corrected chi connectivity index (χ2v) is 1.40. The lowest BCUT2D eigenvalue weighted by molar-refractivity contribution is 0.111. The number of rotatable bonds is 2. The second-order valence-electron chi connectivity index (χ2n) is 1.40. The highest BCUT2D eigenvalue weighted by molar-refractivity contribution is 5.74. The number of aldehydes is 1. The number of ether oxygens (including phenoxy) is 1. The third-order valence-electron chi connectivity index (χ3n) is 0.815. The summed E-state index contributed by atoms with van der Waals surface area (Å²) in [7, 11) is -2.83. The van der Waals surface area contributed by atoms with E-state index in [2.05, 4.69) is 14.9 Å². The molecule has 10 heavy (non-hydrogen) atoms. The van der Waals surface area contributed by atoms with Gasteiger partial charge in [0.05, 0.1) is 11.2 Å². The Balaban J connectivity index is 3.10. The molecule has 0 unspecified atom stereocenters. The highest BCUT2D eigenvalue weighted by Crippen LogP contribution is 2.06. The number of methoxy groups -OCH3 is 1. The molecular formula is C5H7N3O2. The van der Waals surface area contributed by atoms with Crippen LogP contribution in [0.2, 0.25) is 0 Å². The Morgan fingerprint density at radius 3 is 3.30 bits per heavy atom. The Hall–Kier alpha value is -1.39. The predicted molar refractivity (Wildman–Crippen MR) is 32.9 cm³/mol. The minimum absolute atomic E-state index is 0.163. The van der Waals surface area contributed by atoms with E-state index in [0.717, 1.165) is 0 Å². The maximum atomic E-state index is 10.5. The molecule has 1 heterocycles. The molecule has 0 bridgehead atoms. The number of carbonyl (C=O) groups excluding carboxylic acids is 1. The first-order chi connectivity index (χ1) is 7.13. The van der Waals surface area contributed by atoms with Gasteiger partial charge in [0.1, 0.15) is 0 Å². The van der Waals surface area contributed by atoms with Crippen LogP contribution in [0.5, 0.6) is 5.88 Å². The van der Waals surface area contributed by atoms with Crippen molar-refractivity contribution in [2.45, 2.75) is 0 Å². The lowest BCUT2D eigenvalue weighted by atomic mass is 10.5. The van der Waals surface area contributed by atoms with Crippen molar-refractivity contribution in [1.29, 1.82) is 0 Å². The summed E-state index contributed by atoms with van der Waals surface area (Å²) in [6.07, 6.45) is 0.163. The molecule has 0 radical (unpaired) electrons. The van der Waals surface area contributed by atoms with E-state index in [-0.39, 0.29) is 11.1 Å². The Labute approximate surface area is 66.0 Å². The average molecular weight is 147 g/mol.